The van der Waals surface area contributed by atoms with E-state index in [1.165, 1.54) is 39.5 Å². The predicted molar refractivity (Wildman–Crippen MR) is 159 cm³/mol. The third kappa shape index (κ3) is 4.78. The first-order valence-corrected chi connectivity index (χ1v) is 12.9. The molecule has 0 atom stereocenters. The molecule has 8 nitrogen and oxygen atoms in total. The second-order valence-corrected chi connectivity index (χ2v) is 11.4. The highest BCUT2D eigenvalue weighted by atomic mass is 15.2. The number of allylic oxidation sites excluding steroid dienone is 4. The molecule has 0 unspecified atom stereocenters. The summed E-state index contributed by atoms with van der Waals surface area (Å²) in [6.45, 7) is 12.2. The number of nitrogens with two attached hydrogens (primary N) is 4. The fourth-order valence-electron chi connectivity index (χ4n) is 5.72. The van der Waals surface area contributed by atoms with Crippen LogP contribution in [0.4, 0.5) is 11.4 Å². The lowest BCUT2D eigenvalue weighted by Crippen LogP contribution is -2.27. The first-order chi connectivity index (χ1) is 17.7. The van der Waals surface area contributed by atoms with Crippen LogP contribution in [-0.2, 0) is 23.9 Å². The molecule has 0 aromatic heterocycles. The van der Waals surface area contributed by atoms with Crippen molar-refractivity contribution in [2.75, 3.05) is 19.0 Å². The predicted octanol–water partition coefficient (Wildman–Crippen LogP) is 3.50. The highest BCUT2D eigenvalue weighted by Gasteiger charge is 2.43. The van der Waals surface area contributed by atoms with Gasteiger partial charge in [0.2, 0.25) is 5.69 Å². The summed E-state index contributed by atoms with van der Waals surface area (Å²) in [4.78, 5) is 10.7. The van der Waals surface area contributed by atoms with Crippen LogP contribution in [0.2, 0.25) is 0 Å². The monoisotopic (exact) mass is 513 g/mol. The average molecular weight is 514 g/mol. The maximum absolute atomic E-state index is 5.55. The third-order valence-electron chi connectivity index (χ3n) is 7.81. The zero-order valence-electron chi connectivity index (χ0n) is 23.6. The van der Waals surface area contributed by atoms with Gasteiger partial charge in [0.15, 0.2) is 17.6 Å². The molecule has 2 aliphatic rings. The lowest BCUT2D eigenvalue weighted by atomic mass is 9.80. The third-order valence-corrected chi connectivity index (χ3v) is 7.81. The smallest absolute Gasteiger partial charge is 0.209 e. The summed E-state index contributed by atoms with van der Waals surface area (Å²) in [5.74, 6) is 0.209. The number of fused-ring (bicyclic) bond motifs is 2. The Hall–Kier alpha value is -4.07. The van der Waals surface area contributed by atoms with E-state index in [1.807, 2.05) is 0 Å². The molecule has 8 N–H and O–H groups in total. The minimum atomic E-state index is -0.169. The Kier molecular flexibility index (Phi) is 6.86. The van der Waals surface area contributed by atoms with Gasteiger partial charge in [-0.1, -0.05) is 32.0 Å². The summed E-state index contributed by atoms with van der Waals surface area (Å²) in [7, 11) is 4.27. The summed E-state index contributed by atoms with van der Waals surface area (Å²) in [6.07, 6.45) is 4.61. The molecule has 2 aromatic carbocycles. The Morgan fingerprint density at radius 2 is 1.42 bits per heavy atom. The Bertz CT molecular complexity index is 1430. The van der Waals surface area contributed by atoms with E-state index in [0.717, 1.165) is 11.1 Å². The van der Waals surface area contributed by atoms with Crippen molar-refractivity contribution in [1.82, 2.24) is 0 Å². The van der Waals surface area contributed by atoms with Gasteiger partial charge >= 0.3 is 0 Å². The van der Waals surface area contributed by atoms with Crippen LogP contribution in [0.5, 0.6) is 0 Å². The molecule has 8 heteroatoms. The number of guanidine groups is 2. The minimum absolute atomic E-state index is 0.104. The molecule has 0 saturated carbocycles. The van der Waals surface area contributed by atoms with Gasteiger partial charge in [0.05, 0.1) is 18.5 Å². The average Bonchev–Trinajstić information content (AvgIpc) is 3.15. The first-order valence-electron chi connectivity index (χ1n) is 12.9. The van der Waals surface area contributed by atoms with E-state index in [9.17, 15) is 0 Å². The van der Waals surface area contributed by atoms with Crippen molar-refractivity contribution in [3.8, 4) is 0 Å². The van der Waals surface area contributed by atoms with Crippen molar-refractivity contribution in [2.24, 2.45) is 32.9 Å². The number of aliphatic imine (C=N–C) groups is 2. The van der Waals surface area contributed by atoms with E-state index in [4.69, 9.17) is 22.9 Å². The van der Waals surface area contributed by atoms with E-state index >= 15 is 0 Å². The Labute approximate surface area is 226 Å². The molecule has 2 aliphatic heterocycles. The van der Waals surface area contributed by atoms with Crippen molar-refractivity contribution in [3.63, 3.8) is 0 Å². The van der Waals surface area contributed by atoms with Gasteiger partial charge in [-0.3, -0.25) is 0 Å². The molecule has 0 bridgehead atoms. The molecule has 0 spiro atoms. The fourth-order valence-corrected chi connectivity index (χ4v) is 5.72. The molecule has 0 aliphatic carbocycles. The van der Waals surface area contributed by atoms with Crippen LogP contribution in [0.15, 0.2) is 69.8 Å². The van der Waals surface area contributed by atoms with Crippen LogP contribution in [0.25, 0.3) is 0 Å². The van der Waals surface area contributed by atoms with Crippen molar-refractivity contribution < 1.29 is 4.58 Å². The number of hydrogen-bond donors (Lipinski definition) is 4. The zero-order valence-corrected chi connectivity index (χ0v) is 23.6. The normalized spacial score (nSPS) is 18.4. The van der Waals surface area contributed by atoms with E-state index < -0.39 is 0 Å². The van der Waals surface area contributed by atoms with Crippen LogP contribution in [0, 0.1) is 0 Å². The van der Waals surface area contributed by atoms with Crippen LogP contribution in [0.1, 0.15) is 56.9 Å². The van der Waals surface area contributed by atoms with Crippen LogP contribution < -0.4 is 27.8 Å². The summed E-state index contributed by atoms with van der Waals surface area (Å²) in [6, 6.07) is 12.9. The molecule has 200 valence electrons. The molecule has 38 heavy (non-hydrogen) atoms. The van der Waals surface area contributed by atoms with Crippen molar-refractivity contribution in [3.05, 3.63) is 82.1 Å². The molecule has 2 heterocycles. The Balaban J connectivity index is 1.67. The van der Waals surface area contributed by atoms with Crippen molar-refractivity contribution in [2.45, 2.75) is 58.5 Å². The van der Waals surface area contributed by atoms with Crippen molar-refractivity contribution >= 4 is 29.0 Å². The molecule has 0 amide bonds. The standard InChI is InChI=1S/C30H41N8/c1-18(12-25-29(2,3)21-14-19(16-35-27(31)32)8-10-23(21)37(25)6)13-26-30(4,5)22-15-20(17-36-28(33)34)9-11-24(22)38(26)7/h8-15H,16-17H2,1-7H3,(H4,31,32,35)(H4,33,34,36)/q+1. The lowest BCUT2D eigenvalue weighted by Gasteiger charge is -2.24. The van der Waals surface area contributed by atoms with Gasteiger partial charge in [-0.2, -0.15) is 4.58 Å². The van der Waals surface area contributed by atoms with Gasteiger partial charge in [0.25, 0.3) is 0 Å². The topological polar surface area (TPSA) is 135 Å². The minimum Gasteiger partial charge on any atom is -0.370 e. The second-order valence-electron chi connectivity index (χ2n) is 11.4. The highest BCUT2D eigenvalue weighted by Crippen LogP contribution is 2.48. The molecule has 4 rings (SSSR count). The Morgan fingerprint density at radius 1 is 0.868 bits per heavy atom. The molecule has 0 fully saturated rings. The van der Waals surface area contributed by atoms with Crippen LogP contribution in [0.3, 0.4) is 0 Å². The van der Waals surface area contributed by atoms with E-state index in [0.29, 0.717) is 13.1 Å². The Morgan fingerprint density at radius 3 is 2.00 bits per heavy atom. The maximum Gasteiger partial charge on any atom is 0.209 e. The molecular weight excluding hydrogens is 472 g/mol. The maximum atomic E-state index is 5.55. The summed E-state index contributed by atoms with van der Waals surface area (Å²) >= 11 is 0. The van der Waals surface area contributed by atoms with Gasteiger partial charge in [-0.25, -0.2) is 9.98 Å². The van der Waals surface area contributed by atoms with Gasteiger partial charge in [0.1, 0.15) is 7.05 Å². The van der Waals surface area contributed by atoms with Crippen LogP contribution in [-0.4, -0.2) is 36.3 Å². The van der Waals surface area contributed by atoms with Gasteiger partial charge in [-0.15, -0.1) is 0 Å². The number of likely N-dealkylation sites (N-methyl/N-ethyl adjacent to an activating group) is 1. The number of rotatable bonds is 6. The molecule has 2 aromatic rings. The molecule has 0 radical (unpaired) electrons. The van der Waals surface area contributed by atoms with E-state index in [1.54, 1.807) is 0 Å². The molecular formula is C30H41N8+. The second kappa shape index (κ2) is 9.67. The van der Waals surface area contributed by atoms with E-state index in [2.05, 4.69) is 117 Å². The largest absolute Gasteiger partial charge is 0.370 e. The number of benzene rings is 2. The summed E-state index contributed by atoms with van der Waals surface area (Å²) < 4.78 is 2.29. The zero-order chi connectivity index (χ0) is 28.0. The number of hydrogen-bond acceptors (Lipinski definition) is 3. The molecule has 0 saturated heterocycles. The fraction of sp³-hybridized carbons (Fsp3) is 0.367. The van der Waals surface area contributed by atoms with E-state index in [-0.39, 0.29) is 22.7 Å². The quantitative estimate of drug-likeness (QED) is 0.266. The SMILES string of the molecule is CC(/C=C1\N(C)c2ccc(CN=C(N)N)cc2C1(C)C)=C\C1=[N+](C)c2ccc(CN=C(N)N)cc2C1(C)C. The lowest BCUT2D eigenvalue weighted by molar-refractivity contribution is -0.401. The number of anilines is 1. The first kappa shape index (κ1) is 27.0. The van der Waals surface area contributed by atoms with Gasteiger partial charge in [0, 0.05) is 41.6 Å². The van der Waals surface area contributed by atoms with Crippen LogP contribution >= 0.6 is 0 Å². The van der Waals surface area contributed by atoms with Crippen molar-refractivity contribution in [1.29, 1.82) is 0 Å². The number of nitrogens with zero attached hydrogens (tertiary/aromatic N) is 4. The highest BCUT2D eigenvalue weighted by molar-refractivity contribution is 6.03. The van der Waals surface area contributed by atoms with Gasteiger partial charge < -0.3 is 27.8 Å². The van der Waals surface area contributed by atoms with Gasteiger partial charge in [-0.05, 0) is 61.2 Å². The summed E-state index contributed by atoms with van der Waals surface area (Å²) in [5.41, 5.74) is 32.7. The summed E-state index contributed by atoms with van der Waals surface area (Å²) in [5, 5.41) is 0.